The summed E-state index contributed by atoms with van der Waals surface area (Å²) in [5, 5.41) is 3.27. The molecule has 0 radical (unpaired) electrons. The van der Waals surface area contributed by atoms with Gasteiger partial charge in [0.25, 0.3) is 0 Å². The highest BCUT2D eigenvalue weighted by Gasteiger charge is 2.35. The van der Waals surface area contributed by atoms with Gasteiger partial charge in [-0.2, -0.15) is 0 Å². The number of ether oxygens (including phenoxy) is 2. The zero-order chi connectivity index (χ0) is 25.4. The third kappa shape index (κ3) is 7.65. The average Bonchev–Trinajstić information content (AvgIpc) is 2.93. The Morgan fingerprint density at radius 2 is 1.77 bits per heavy atom. The summed E-state index contributed by atoms with van der Waals surface area (Å²) in [5.74, 6) is -1.11. The number of hydrogen-bond acceptors (Lipinski definition) is 6. The molecule has 1 heterocycles. The van der Waals surface area contributed by atoms with Gasteiger partial charge in [0.2, 0.25) is 5.91 Å². The van der Waals surface area contributed by atoms with Gasteiger partial charge in [-0.3, -0.25) is 24.6 Å². The molecule has 0 bridgehead atoms. The van der Waals surface area contributed by atoms with Gasteiger partial charge in [0.1, 0.15) is 18.2 Å². The predicted molar refractivity (Wildman–Crippen MR) is 135 cm³/mol. The molecule has 2 aromatic rings. The molecule has 188 valence electrons. The van der Waals surface area contributed by atoms with Crippen molar-refractivity contribution >= 4 is 23.5 Å². The number of rotatable bonds is 9. The van der Waals surface area contributed by atoms with Crippen molar-refractivity contribution in [1.29, 1.82) is 0 Å². The van der Waals surface area contributed by atoms with E-state index >= 15 is 0 Å². The molecule has 2 aromatic carbocycles. The van der Waals surface area contributed by atoms with Gasteiger partial charge in [0.05, 0.1) is 12.6 Å². The summed E-state index contributed by atoms with van der Waals surface area (Å²) in [6.45, 7) is 7.22. The molecular formula is C28H36N2O5. The summed E-state index contributed by atoms with van der Waals surface area (Å²) in [6, 6.07) is 16.2. The van der Waals surface area contributed by atoms with Crippen LogP contribution in [0.3, 0.4) is 0 Å². The lowest BCUT2D eigenvalue weighted by Gasteiger charge is -2.29. The van der Waals surface area contributed by atoms with Gasteiger partial charge >= 0.3 is 11.9 Å². The number of carbonyl (C=O) groups excluding carboxylic acids is 3. The van der Waals surface area contributed by atoms with E-state index < -0.39 is 23.7 Å². The SMILES string of the molecule is CCOC(=O)C(CCc1ccccc1)N[C@H]1CCc2ccccc2N(CC(=O)OC(C)(C)C)C1=O. The van der Waals surface area contributed by atoms with Crippen LogP contribution >= 0.6 is 0 Å². The predicted octanol–water partition coefficient (Wildman–Crippen LogP) is 3.83. The number of anilines is 1. The topological polar surface area (TPSA) is 84.9 Å². The van der Waals surface area contributed by atoms with Crippen LogP contribution in [-0.4, -0.2) is 48.7 Å². The molecular weight excluding hydrogens is 444 g/mol. The van der Waals surface area contributed by atoms with Crippen LogP contribution in [0, 0.1) is 0 Å². The van der Waals surface area contributed by atoms with Crippen molar-refractivity contribution < 1.29 is 23.9 Å². The van der Waals surface area contributed by atoms with Crippen LogP contribution < -0.4 is 10.2 Å². The zero-order valence-electron chi connectivity index (χ0n) is 21.1. The third-order valence-corrected chi connectivity index (χ3v) is 5.79. The van der Waals surface area contributed by atoms with Crippen LogP contribution in [0.4, 0.5) is 5.69 Å². The zero-order valence-corrected chi connectivity index (χ0v) is 21.1. The highest BCUT2D eigenvalue weighted by Crippen LogP contribution is 2.27. The lowest BCUT2D eigenvalue weighted by atomic mass is 10.0. The molecule has 7 nitrogen and oxygen atoms in total. The summed E-state index contributed by atoms with van der Waals surface area (Å²) in [7, 11) is 0. The first-order chi connectivity index (χ1) is 16.7. The van der Waals surface area contributed by atoms with Gasteiger partial charge in [-0.15, -0.1) is 0 Å². The molecule has 0 saturated carbocycles. The van der Waals surface area contributed by atoms with Crippen LogP contribution in [-0.2, 0) is 36.7 Å². The second-order valence-electron chi connectivity index (χ2n) is 9.73. The minimum atomic E-state index is -0.657. The van der Waals surface area contributed by atoms with Gasteiger partial charge in [-0.25, -0.2) is 0 Å². The van der Waals surface area contributed by atoms with Crippen LogP contribution in [0.2, 0.25) is 0 Å². The molecule has 0 fully saturated rings. The summed E-state index contributed by atoms with van der Waals surface area (Å²) in [4.78, 5) is 40.6. The van der Waals surface area contributed by atoms with Crippen LogP contribution in [0.5, 0.6) is 0 Å². The first kappa shape index (κ1) is 26.4. The quantitative estimate of drug-likeness (QED) is 0.549. The number of nitrogens with zero attached hydrogens (tertiary/aromatic N) is 1. The lowest BCUT2D eigenvalue weighted by molar-refractivity contribution is -0.154. The summed E-state index contributed by atoms with van der Waals surface area (Å²) in [5.41, 5.74) is 2.13. The van der Waals surface area contributed by atoms with Gasteiger partial charge in [0.15, 0.2) is 0 Å². The number of nitrogens with one attached hydrogen (secondary N) is 1. The Labute approximate surface area is 207 Å². The normalized spacial score (nSPS) is 16.7. The Morgan fingerprint density at radius 1 is 1.09 bits per heavy atom. The molecule has 1 N–H and O–H groups in total. The molecule has 7 heteroatoms. The highest BCUT2D eigenvalue weighted by molar-refractivity contribution is 6.02. The first-order valence-corrected chi connectivity index (χ1v) is 12.3. The standard InChI is InChI=1S/C28H36N2O5/c1-5-34-27(33)23(17-15-20-11-7-6-8-12-20)29-22-18-16-21-13-9-10-14-24(21)30(26(22)32)19-25(31)35-28(2,3)4/h6-14,22-23,29H,5,15-19H2,1-4H3/t22-,23?/m0/s1. The number of para-hydroxylation sites is 1. The Kier molecular flexibility index (Phi) is 9.04. The summed E-state index contributed by atoms with van der Waals surface area (Å²) < 4.78 is 10.8. The molecule has 0 aromatic heterocycles. The van der Waals surface area contributed by atoms with Crippen molar-refractivity contribution in [2.45, 2.75) is 71.1 Å². The van der Waals surface area contributed by atoms with Crippen LogP contribution in [0.15, 0.2) is 54.6 Å². The van der Waals surface area contributed by atoms with Crippen molar-refractivity contribution in [3.63, 3.8) is 0 Å². The monoisotopic (exact) mass is 480 g/mol. The Morgan fingerprint density at radius 3 is 2.46 bits per heavy atom. The smallest absolute Gasteiger partial charge is 0.326 e. The van der Waals surface area contributed by atoms with Crippen LogP contribution in [0.25, 0.3) is 0 Å². The van der Waals surface area contributed by atoms with E-state index in [4.69, 9.17) is 9.47 Å². The molecule has 1 unspecified atom stereocenters. The van der Waals surface area contributed by atoms with Gasteiger partial charge in [-0.05, 0) is 70.6 Å². The fraction of sp³-hybridized carbons (Fsp3) is 0.464. The minimum Gasteiger partial charge on any atom is -0.465 e. The van der Waals surface area contributed by atoms with E-state index in [1.54, 1.807) is 27.7 Å². The average molecular weight is 481 g/mol. The molecule has 2 atom stereocenters. The number of esters is 2. The molecule has 1 amide bonds. The molecule has 3 rings (SSSR count). The van der Waals surface area contributed by atoms with Crippen molar-refractivity contribution in [2.24, 2.45) is 0 Å². The Balaban J connectivity index is 1.81. The molecule has 1 aliphatic rings. The van der Waals surface area contributed by atoms with Crippen molar-refractivity contribution in [2.75, 3.05) is 18.1 Å². The second kappa shape index (κ2) is 12.0. The fourth-order valence-electron chi connectivity index (χ4n) is 4.25. The molecule has 0 saturated heterocycles. The molecule has 35 heavy (non-hydrogen) atoms. The summed E-state index contributed by atoms with van der Waals surface area (Å²) in [6.07, 6.45) is 2.30. The largest absolute Gasteiger partial charge is 0.465 e. The van der Waals surface area contributed by atoms with E-state index in [0.29, 0.717) is 31.4 Å². The Bertz CT molecular complexity index is 1020. The maximum Gasteiger partial charge on any atom is 0.326 e. The highest BCUT2D eigenvalue weighted by atomic mass is 16.6. The van der Waals surface area contributed by atoms with E-state index in [1.807, 2.05) is 54.6 Å². The summed E-state index contributed by atoms with van der Waals surface area (Å²) >= 11 is 0. The number of benzene rings is 2. The fourth-order valence-corrected chi connectivity index (χ4v) is 4.25. The number of hydrogen-bond donors (Lipinski definition) is 1. The van der Waals surface area contributed by atoms with E-state index in [-0.39, 0.29) is 25.0 Å². The number of amides is 1. The van der Waals surface area contributed by atoms with Gasteiger partial charge < -0.3 is 9.47 Å². The van der Waals surface area contributed by atoms with Crippen LogP contribution in [0.1, 0.15) is 51.7 Å². The third-order valence-electron chi connectivity index (χ3n) is 5.79. The number of aryl methyl sites for hydroxylation is 2. The van der Waals surface area contributed by atoms with Crippen molar-refractivity contribution in [3.8, 4) is 0 Å². The van der Waals surface area contributed by atoms with E-state index in [1.165, 1.54) is 4.90 Å². The van der Waals surface area contributed by atoms with E-state index in [9.17, 15) is 14.4 Å². The first-order valence-electron chi connectivity index (χ1n) is 12.3. The van der Waals surface area contributed by atoms with Crippen molar-refractivity contribution in [1.82, 2.24) is 5.32 Å². The number of fused-ring (bicyclic) bond motifs is 1. The minimum absolute atomic E-state index is 0.195. The molecule has 1 aliphatic heterocycles. The van der Waals surface area contributed by atoms with Gasteiger partial charge in [0, 0.05) is 5.69 Å². The Hall–Kier alpha value is -3.19. The lowest BCUT2D eigenvalue weighted by Crippen LogP contribution is -2.53. The van der Waals surface area contributed by atoms with E-state index in [0.717, 1.165) is 11.1 Å². The maximum atomic E-state index is 13.7. The maximum absolute atomic E-state index is 13.7. The van der Waals surface area contributed by atoms with E-state index in [2.05, 4.69) is 5.32 Å². The van der Waals surface area contributed by atoms with Crippen molar-refractivity contribution in [3.05, 3.63) is 65.7 Å². The second-order valence-corrected chi connectivity index (χ2v) is 9.73. The van der Waals surface area contributed by atoms with Gasteiger partial charge in [-0.1, -0.05) is 48.5 Å². The number of carbonyl (C=O) groups is 3. The molecule has 0 spiro atoms. The molecule has 0 aliphatic carbocycles.